The summed E-state index contributed by atoms with van der Waals surface area (Å²) in [7, 11) is 0. The molecule has 0 aliphatic rings. The normalized spacial score (nSPS) is 9.83. The molecule has 122 valence electrons. The summed E-state index contributed by atoms with van der Waals surface area (Å²) in [5, 5.41) is 12.0. The number of thioether (sulfide) groups is 2. The summed E-state index contributed by atoms with van der Waals surface area (Å²) in [6, 6.07) is 16.7. The van der Waals surface area contributed by atoms with Crippen molar-refractivity contribution in [2.24, 2.45) is 0 Å². The van der Waals surface area contributed by atoms with Gasteiger partial charge >= 0.3 is 0 Å². The van der Waals surface area contributed by atoms with Gasteiger partial charge in [-0.3, -0.25) is 4.79 Å². The predicted octanol–water partition coefficient (Wildman–Crippen LogP) is 3.56. The molecule has 0 heterocycles. The van der Waals surface area contributed by atoms with Crippen LogP contribution in [-0.2, 0) is 4.79 Å². The molecule has 0 aliphatic heterocycles. The molecule has 0 bridgehead atoms. The van der Waals surface area contributed by atoms with Gasteiger partial charge in [0.15, 0.2) is 0 Å². The van der Waals surface area contributed by atoms with E-state index in [0.29, 0.717) is 15.6 Å². The van der Waals surface area contributed by atoms with Gasteiger partial charge < -0.3 is 16.8 Å². The number of benzene rings is 2. The standard InChI is InChI=1S/C17H16N4OS2/c1-11(22)21-16(10-18)17(23-14-6-2-12(19)3-7-14)24-15-8-4-13(20)5-9-15/h2-9H,19-20H2,1H3,(H,21,22). The monoisotopic (exact) mass is 356 g/mol. The van der Waals surface area contributed by atoms with Crippen molar-refractivity contribution in [2.75, 3.05) is 11.5 Å². The van der Waals surface area contributed by atoms with Crippen LogP contribution in [0.5, 0.6) is 0 Å². The van der Waals surface area contributed by atoms with E-state index in [1.165, 1.54) is 30.4 Å². The first kappa shape index (κ1) is 17.8. The van der Waals surface area contributed by atoms with E-state index < -0.39 is 0 Å². The Labute approximate surface area is 149 Å². The first-order valence-electron chi connectivity index (χ1n) is 6.96. The van der Waals surface area contributed by atoms with Crippen molar-refractivity contribution in [3.05, 3.63) is 58.5 Å². The maximum Gasteiger partial charge on any atom is 0.221 e. The lowest BCUT2D eigenvalue weighted by molar-refractivity contribution is -0.118. The van der Waals surface area contributed by atoms with Gasteiger partial charge in [-0.2, -0.15) is 5.26 Å². The van der Waals surface area contributed by atoms with E-state index in [1.807, 2.05) is 24.3 Å². The van der Waals surface area contributed by atoms with Crippen LogP contribution in [0.2, 0.25) is 0 Å². The lowest BCUT2D eigenvalue weighted by atomic mass is 10.3. The molecule has 2 aromatic carbocycles. The van der Waals surface area contributed by atoms with Crippen molar-refractivity contribution in [3.8, 4) is 6.07 Å². The van der Waals surface area contributed by atoms with Crippen LogP contribution in [0.4, 0.5) is 11.4 Å². The topological polar surface area (TPSA) is 105 Å². The van der Waals surface area contributed by atoms with Gasteiger partial charge in [-0.1, -0.05) is 23.5 Å². The fraction of sp³-hybridized carbons (Fsp3) is 0.0588. The Morgan fingerprint density at radius 2 is 1.38 bits per heavy atom. The van der Waals surface area contributed by atoms with E-state index in [9.17, 15) is 10.1 Å². The predicted molar refractivity (Wildman–Crippen MR) is 99.9 cm³/mol. The lowest BCUT2D eigenvalue weighted by Crippen LogP contribution is -2.18. The smallest absolute Gasteiger partial charge is 0.221 e. The van der Waals surface area contributed by atoms with E-state index >= 15 is 0 Å². The molecule has 0 aliphatic carbocycles. The van der Waals surface area contributed by atoms with Crippen molar-refractivity contribution in [3.63, 3.8) is 0 Å². The summed E-state index contributed by atoms with van der Waals surface area (Å²) >= 11 is 2.78. The fourth-order valence-electron chi connectivity index (χ4n) is 1.71. The van der Waals surface area contributed by atoms with E-state index in [0.717, 1.165) is 9.79 Å². The number of hydrogen-bond acceptors (Lipinski definition) is 6. The molecular formula is C17H16N4OS2. The number of amides is 1. The second-order valence-corrected chi connectivity index (χ2v) is 7.22. The summed E-state index contributed by atoms with van der Waals surface area (Å²) in [6.45, 7) is 1.37. The fourth-order valence-corrected chi connectivity index (χ4v) is 3.82. The zero-order chi connectivity index (χ0) is 17.5. The van der Waals surface area contributed by atoms with Crippen molar-refractivity contribution in [1.82, 2.24) is 5.32 Å². The molecule has 1 amide bonds. The molecule has 7 heteroatoms. The number of carbonyl (C=O) groups is 1. The third-order valence-corrected chi connectivity index (χ3v) is 5.09. The Morgan fingerprint density at radius 1 is 0.958 bits per heavy atom. The van der Waals surface area contributed by atoms with E-state index in [2.05, 4.69) is 11.4 Å². The lowest BCUT2D eigenvalue weighted by Gasteiger charge is -2.11. The maximum absolute atomic E-state index is 11.4. The van der Waals surface area contributed by atoms with E-state index in [1.54, 1.807) is 24.3 Å². The summed E-state index contributed by atoms with van der Waals surface area (Å²) in [4.78, 5) is 13.2. The number of rotatable bonds is 5. The highest BCUT2D eigenvalue weighted by molar-refractivity contribution is 8.22. The van der Waals surface area contributed by atoms with E-state index in [-0.39, 0.29) is 11.6 Å². The third-order valence-electron chi connectivity index (χ3n) is 2.80. The number of carbonyl (C=O) groups excluding carboxylic acids is 1. The van der Waals surface area contributed by atoms with Crippen molar-refractivity contribution in [1.29, 1.82) is 5.26 Å². The minimum absolute atomic E-state index is 0.214. The minimum atomic E-state index is -0.292. The first-order chi connectivity index (χ1) is 11.5. The molecule has 0 unspecified atom stereocenters. The zero-order valence-corrected chi connectivity index (χ0v) is 14.6. The molecule has 0 atom stereocenters. The highest BCUT2D eigenvalue weighted by Crippen LogP contribution is 2.41. The number of anilines is 2. The van der Waals surface area contributed by atoms with Crippen molar-refractivity contribution in [2.45, 2.75) is 16.7 Å². The summed E-state index contributed by atoms with van der Waals surface area (Å²) in [5.74, 6) is -0.292. The van der Waals surface area contributed by atoms with Crippen molar-refractivity contribution < 1.29 is 4.79 Å². The number of nitrogens with one attached hydrogen (secondary N) is 1. The molecular weight excluding hydrogens is 340 g/mol. The van der Waals surface area contributed by atoms with Crippen LogP contribution in [0, 0.1) is 11.3 Å². The second kappa shape index (κ2) is 8.34. The molecule has 0 saturated carbocycles. The Kier molecular flexibility index (Phi) is 6.18. The number of allylic oxidation sites excluding steroid dienone is 1. The van der Waals surface area contributed by atoms with Gasteiger partial charge in [-0.05, 0) is 48.5 Å². The van der Waals surface area contributed by atoms with Crippen molar-refractivity contribution >= 4 is 40.8 Å². The molecule has 24 heavy (non-hydrogen) atoms. The molecule has 0 fully saturated rings. The zero-order valence-electron chi connectivity index (χ0n) is 12.9. The summed E-state index contributed by atoms with van der Waals surface area (Å²) in [5.41, 5.74) is 12.9. The third kappa shape index (κ3) is 5.26. The highest BCUT2D eigenvalue weighted by Gasteiger charge is 2.12. The van der Waals surface area contributed by atoms with Crippen LogP contribution < -0.4 is 16.8 Å². The quantitative estimate of drug-likeness (QED) is 0.430. The number of nitrogen functional groups attached to an aromatic ring is 2. The largest absolute Gasteiger partial charge is 0.399 e. The highest BCUT2D eigenvalue weighted by atomic mass is 32.2. The van der Waals surface area contributed by atoms with Gasteiger partial charge in [0.2, 0.25) is 5.91 Å². The summed E-state index contributed by atoms with van der Waals surface area (Å²) < 4.78 is 0.669. The molecule has 0 aromatic heterocycles. The van der Waals surface area contributed by atoms with Crippen LogP contribution in [0.25, 0.3) is 0 Å². The molecule has 0 radical (unpaired) electrons. The van der Waals surface area contributed by atoms with Crippen LogP contribution in [0.3, 0.4) is 0 Å². The molecule has 5 N–H and O–H groups in total. The molecule has 0 spiro atoms. The molecule has 0 saturated heterocycles. The molecule has 2 aromatic rings. The van der Waals surface area contributed by atoms with Gasteiger partial charge in [0, 0.05) is 28.1 Å². The van der Waals surface area contributed by atoms with Gasteiger partial charge in [0.25, 0.3) is 0 Å². The average Bonchev–Trinajstić information content (AvgIpc) is 2.56. The summed E-state index contributed by atoms with van der Waals surface area (Å²) in [6.07, 6.45) is 0. The first-order valence-corrected chi connectivity index (χ1v) is 8.60. The maximum atomic E-state index is 11.4. The Hall–Kier alpha value is -2.56. The average molecular weight is 356 g/mol. The van der Waals surface area contributed by atoms with Crippen LogP contribution in [0.15, 0.2) is 68.3 Å². The van der Waals surface area contributed by atoms with E-state index in [4.69, 9.17) is 11.5 Å². The number of hydrogen-bond donors (Lipinski definition) is 3. The number of nitrogens with two attached hydrogens (primary N) is 2. The Balaban J connectivity index is 2.34. The number of nitriles is 1. The van der Waals surface area contributed by atoms with Gasteiger partial charge in [-0.15, -0.1) is 0 Å². The van der Waals surface area contributed by atoms with Crippen LogP contribution in [0.1, 0.15) is 6.92 Å². The second-order valence-electron chi connectivity index (χ2n) is 4.80. The Morgan fingerprint density at radius 3 is 1.71 bits per heavy atom. The number of nitrogens with zero attached hydrogens (tertiary/aromatic N) is 1. The van der Waals surface area contributed by atoms with Crippen LogP contribution in [-0.4, -0.2) is 5.91 Å². The van der Waals surface area contributed by atoms with Gasteiger partial charge in [0.1, 0.15) is 11.8 Å². The Bertz CT molecular complexity index is 743. The SMILES string of the molecule is CC(=O)NC(C#N)=C(Sc1ccc(N)cc1)Sc1ccc(N)cc1. The molecule has 5 nitrogen and oxygen atoms in total. The molecule has 2 rings (SSSR count). The van der Waals surface area contributed by atoms with Crippen LogP contribution >= 0.6 is 23.5 Å². The van der Waals surface area contributed by atoms with Gasteiger partial charge in [0.05, 0.1) is 4.24 Å². The minimum Gasteiger partial charge on any atom is -0.399 e. The van der Waals surface area contributed by atoms with Gasteiger partial charge in [-0.25, -0.2) is 0 Å².